The molecule has 106 valence electrons. The van der Waals surface area contributed by atoms with Crippen LogP contribution in [0.15, 0.2) is 30.3 Å². The van der Waals surface area contributed by atoms with Gasteiger partial charge < -0.3 is 15.7 Å². The number of carbonyl (C=O) groups is 2. The summed E-state index contributed by atoms with van der Waals surface area (Å²) in [5.74, 6) is -0.964. The number of carboxylic acids is 1. The number of nitrogens with zero attached hydrogens (tertiary/aromatic N) is 1. The van der Waals surface area contributed by atoms with Crippen LogP contribution in [0.25, 0.3) is 0 Å². The summed E-state index contributed by atoms with van der Waals surface area (Å²) in [6.45, 7) is 0.0704. The Balaban J connectivity index is 2.54. The number of benzene rings is 1. The second-order valence-electron chi connectivity index (χ2n) is 4.20. The average Bonchev–Trinajstić information content (AvgIpc) is 2.44. The normalized spacial score (nSPS) is 11.2. The van der Waals surface area contributed by atoms with E-state index in [2.05, 4.69) is 10.6 Å². The maximum Gasteiger partial charge on any atom is 0.315 e. The van der Waals surface area contributed by atoms with E-state index >= 15 is 0 Å². The van der Waals surface area contributed by atoms with Crippen molar-refractivity contribution in [2.24, 2.45) is 0 Å². The Kier molecular flexibility index (Phi) is 6.62. The molecule has 0 saturated carbocycles. The van der Waals surface area contributed by atoms with Crippen LogP contribution in [0.3, 0.4) is 0 Å². The first kappa shape index (κ1) is 15.5. The van der Waals surface area contributed by atoms with Gasteiger partial charge in [0.25, 0.3) is 0 Å². The van der Waals surface area contributed by atoms with E-state index in [1.54, 1.807) is 0 Å². The quantitative estimate of drug-likeness (QED) is 0.706. The number of aliphatic carboxylic acids is 1. The summed E-state index contributed by atoms with van der Waals surface area (Å²) < 4.78 is 0. The van der Waals surface area contributed by atoms with Crippen molar-refractivity contribution in [2.75, 3.05) is 6.54 Å². The Hall–Kier alpha value is -2.55. The molecule has 0 radical (unpaired) electrons. The third-order valence-corrected chi connectivity index (χ3v) is 2.68. The van der Waals surface area contributed by atoms with E-state index in [1.807, 2.05) is 36.4 Å². The van der Waals surface area contributed by atoms with Crippen LogP contribution >= 0.6 is 0 Å². The first-order valence-corrected chi connectivity index (χ1v) is 6.31. The number of carbonyl (C=O) groups excluding carboxylic acids is 1. The van der Waals surface area contributed by atoms with Gasteiger partial charge in [0.15, 0.2) is 0 Å². The molecule has 0 aliphatic heterocycles. The molecular weight excluding hydrogens is 258 g/mol. The molecule has 2 amide bonds. The SMILES string of the molecule is N#CCCC(NC(=O)NCCC(=O)O)c1ccccc1. The fraction of sp³-hybridized carbons (Fsp3) is 0.357. The molecule has 0 heterocycles. The highest BCUT2D eigenvalue weighted by Gasteiger charge is 2.13. The number of nitriles is 1. The summed E-state index contributed by atoms with van der Waals surface area (Å²) >= 11 is 0. The lowest BCUT2D eigenvalue weighted by atomic mass is 10.0. The van der Waals surface area contributed by atoms with Crippen LogP contribution in [0.4, 0.5) is 4.79 Å². The largest absolute Gasteiger partial charge is 0.481 e. The topological polar surface area (TPSA) is 102 Å². The van der Waals surface area contributed by atoms with Gasteiger partial charge in [-0.3, -0.25) is 4.79 Å². The third-order valence-electron chi connectivity index (χ3n) is 2.68. The van der Waals surface area contributed by atoms with Gasteiger partial charge in [-0.2, -0.15) is 5.26 Å². The van der Waals surface area contributed by atoms with E-state index in [4.69, 9.17) is 10.4 Å². The second-order valence-corrected chi connectivity index (χ2v) is 4.20. The van der Waals surface area contributed by atoms with Crippen LogP contribution in [-0.4, -0.2) is 23.7 Å². The predicted molar refractivity (Wildman–Crippen MR) is 72.8 cm³/mol. The van der Waals surface area contributed by atoms with Crippen LogP contribution in [0.2, 0.25) is 0 Å². The van der Waals surface area contributed by atoms with Crippen molar-refractivity contribution < 1.29 is 14.7 Å². The summed E-state index contributed by atoms with van der Waals surface area (Å²) in [6, 6.07) is 10.7. The van der Waals surface area contributed by atoms with Crippen LogP contribution in [0, 0.1) is 11.3 Å². The summed E-state index contributed by atoms with van der Waals surface area (Å²) in [7, 11) is 0. The van der Waals surface area contributed by atoms with Crippen LogP contribution in [-0.2, 0) is 4.79 Å². The van der Waals surface area contributed by atoms with Crippen molar-refractivity contribution >= 4 is 12.0 Å². The van der Waals surface area contributed by atoms with Gasteiger partial charge in [0.1, 0.15) is 0 Å². The molecule has 3 N–H and O–H groups in total. The lowest BCUT2D eigenvalue weighted by Gasteiger charge is -2.18. The van der Waals surface area contributed by atoms with Crippen molar-refractivity contribution in [1.29, 1.82) is 5.26 Å². The molecule has 0 aliphatic rings. The molecule has 20 heavy (non-hydrogen) atoms. The Morgan fingerprint density at radius 2 is 2.00 bits per heavy atom. The monoisotopic (exact) mass is 275 g/mol. The lowest BCUT2D eigenvalue weighted by Crippen LogP contribution is -2.38. The number of carboxylic acid groups (broad SMARTS) is 1. The number of urea groups is 1. The van der Waals surface area contributed by atoms with Crippen molar-refractivity contribution in [3.8, 4) is 6.07 Å². The molecule has 1 unspecified atom stereocenters. The Labute approximate surface area is 117 Å². The fourth-order valence-electron chi connectivity index (χ4n) is 1.71. The summed E-state index contributed by atoms with van der Waals surface area (Å²) in [4.78, 5) is 22.0. The molecule has 0 aromatic heterocycles. The number of nitrogens with one attached hydrogen (secondary N) is 2. The van der Waals surface area contributed by atoms with E-state index in [0.717, 1.165) is 5.56 Å². The van der Waals surface area contributed by atoms with Gasteiger partial charge in [-0.15, -0.1) is 0 Å². The molecule has 1 aromatic carbocycles. The average molecular weight is 275 g/mol. The lowest BCUT2D eigenvalue weighted by molar-refractivity contribution is -0.136. The van der Waals surface area contributed by atoms with E-state index in [-0.39, 0.29) is 19.0 Å². The minimum Gasteiger partial charge on any atom is -0.481 e. The summed E-state index contributed by atoms with van der Waals surface area (Å²) in [5, 5.41) is 22.4. The first-order valence-electron chi connectivity index (χ1n) is 6.31. The smallest absolute Gasteiger partial charge is 0.315 e. The Morgan fingerprint density at radius 1 is 1.30 bits per heavy atom. The second kappa shape index (κ2) is 8.53. The maximum atomic E-state index is 11.7. The number of hydrogen-bond acceptors (Lipinski definition) is 3. The fourth-order valence-corrected chi connectivity index (χ4v) is 1.71. The van der Waals surface area contributed by atoms with Gasteiger partial charge in [-0.1, -0.05) is 30.3 Å². The standard InChI is InChI=1S/C14H17N3O3/c15-9-4-7-12(11-5-2-1-3-6-11)17-14(20)16-10-8-13(18)19/h1-3,5-6,12H,4,7-8,10H2,(H,18,19)(H2,16,17,20). The molecule has 0 bridgehead atoms. The van der Waals surface area contributed by atoms with Crippen LogP contribution < -0.4 is 10.6 Å². The van der Waals surface area contributed by atoms with Gasteiger partial charge in [-0.25, -0.2) is 4.79 Å². The molecule has 6 heteroatoms. The van der Waals surface area contributed by atoms with Crippen molar-refractivity contribution in [3.05, 3.63) is 35.9 Å². The van der Waals surface area contributed by atoms with Crippen LogP contribution in [0.1, 0.15) is 30.9 Å². The van der Waals surface area contributed by atoms with Gasteiger partial charge in [-0.05, 0) is 12.0 Å². The number of hydrogen-bond donors (Lipinski definition) is 3. The highest BCUT2D eigenvalue weighted by Crippen LogP contribution is 2.17. The molecule has 6 nitrogen and oxygen atoms in total. The summed E-state index contributed by atoms with van der Waals surface area (Å²) in [6.07, 6.45) is 0.712. The van der Waals surface area contributed by atoms with Crippen LogP contribution in [0.5, 0.6) is 0 Å². The van der Waals surface area contributed by atoms with E-state index in [9.17, 15) is 9.59 Å². The zero-order valence-electron chi connectivity index (χ0n) is 11.0. The summed E-state index contributed by atoms with van der Waals surface area (Å²) in [5.41, 5.74) is 0.913. The zero-order valence-corrected chi connectivity index (χ0v) is 11.0. The Bertz CT molecular complexity index is 482. The zero-order chi connectivity index (χ0) is 14.8. The minimum atomic E-state index is -0.964. The highest BCUT2D eigenvalue weighted by atomic mass is 16.4. The first-order chi connectivity index (χ1) is 9.63. The molecule has 1 aromatic rings. The van der Waals surface area contributed by atoms with Crippen molar-refractivity contribution in [1.82, 2.24) is 10.6 Å². The molecular formula is C14H17N3O3. The molecule has 0 saturated heterocycles. The number of rotatable bonds is 7. The van der Waals surface area contributed by atoms with Gasteiger partial charge >= 0.3 is 12.0 Å². The van der Waals surface area contributed by atoms with Gasteiger partial charge in [0, 0.05) is 13.0 Å². The van der Waals surface area contributed by atoms with Crippen molar-refractivity contribution in [2.45, 2.75) is 25.3 Å². The minimum absolute atomic E-state index is 0.0704. The van der Waals surface area contributed by atoms with E-state index < -0.39 is 12.0 Å². The highest BCUT2D eigenvalue weighted by molar-refractivity contribution is 5.75. The molecule has 0 aliphatic carbocycles. The number of amides is 2. The molecule has 1 rings (SSSR count). The Morgan fingerprint density at radius 3 is 2.60 bits per heavy atom. The molecule has 1 atom stereocenters. The van der Waals surface area contributed by atoms with E-state index in [1.165, 1.54) is 0 Å². The predicted octanol–water partition coefficient (Wildman–Crippen LogP) is 1.81. The third kappa shape index (κ3) is 5.87. The van der Waals surface area contributed by atoms with E-state index in [0.29, 0.717) is 12.8 Å². The maximum absolute atomic E-state index is 11.7. The van der Waals surface area contributed by atoms with Gasteiger partial charge in [0.2, 0.25) is 0 Å². The molecule has 0 fully saturated rings. The van der Waals surface area contributed by atoms with Gasteiger partial charge in [0.05, 0.1) is 18.5 Å². The molecule has 0 spiro atoms. The van der Waals surface area contributed by atoms with Crippen molar-refractivity contribution in [3.63, 3.8) is 0 Å².